The van der Waals surface area contributed by atoms with Crippen LogP contribution in [0.15, 0.2) is 41.2 Å². The van der Waals surface area contributed by atoms with Crippen LogP contribution in [0, 0.1) is 6.92 Å². The highest BCUT2D eigenvalue weighted by Gasteiger charge is 2.16. The normalized spacial score (nSPS) is 10.7. The van der Waals surface area contributed by atoms with E-state index in [4.69, 9.17) is 0 Å². The van der Waals surface area contributed by atoms with Gasteiger partial charge >= 0.3 is 0 Å². The summed E-state index contributed by atoms with van der Waals surface area (Å²) in [5.74, 6) is 0.453. The monoisotopic (exact) mass is 311 g/mol. The van der Waals surface area contributed by atoms with Gasteiger partial charge in [-0.25, -0.2) is 0 Å². The smallest absolute Gasteiger partial charge is 0.271 e. The van der Waals surface area contributed by atoms with Crippen LogP contribution in [-0.2, 0) is 6.42 Å². The van der Waals surface area contributed by atoms with Crippen LogP contribution in [0.4, 0.5) is 0 Å². The molecule has 0 radical (unpaired) electrons. The molecule has 2 aromatic heterocycles. The molecule has 0 fully saturated rings. The van der Waals surface area contributed by atoms with E-state index in [1.165, 1.54) is 12.0 Å². The van der Waals surface area contributed by atoms with Crippen molar-refractivity contribution in [1.29, 1.82) is 0 Å². The Morgan fingerprint density at radius 1 is 1.30 bits per heavy atom. The van der Waals surface area contributed by atoms with Gasteiger partial charge in [0.25, 0.3) is 5.91 Å². The van der Waals surface area contributed by atoms with Gasteiger partial charge < -0.3 is 9.42 Å². The highest BCUT2D eigenvalue weighted by atomic mass is 16.5. The summed E-state index contributed by atoms with van der Waals surface area (Å²) in [5.41, 5.74) is 3.36. The van der Waals surface area contributed by atoms with Gasteiger partial charge in [0.05, 0.1) is 5.69 Å². The molecule has 0 atom stereocenters. The summed E-state index contributed by atoms with van der Waals surface area (Å²) in [7, 11) is 1.73. The number of benzene rings is 1. The second kappa shape index (κ2) is 6.43. The van der Waals surface area contributed by atoms with Crippen LogP contribution in [0.25, 0.3) is 11.3 Å². The highest BCUT2D eigenvalue weighted by molar-refractivity contribution is 5.93. The van der Waals surface area contributed by atoms with Crippen LogP contribution >= 0.6 is 0 Å². The Hall–Kier alpha value is -2.96. The van der Waals surface area contributed by atoms with Crippen molar-refractivity contribution < 1.29 is 9.32 Å². The summed E-state index contributed by atoms with van der Waals surface area (Å²) in [6.07, 6.45) is 1.82. The molecule has 1 amide bonds. The second-order valence-electron chi connectivity index (χ2n) is 5.36. The number of rotatable bonds is 5. The fourth-order valence-corrected chi connectivity index (χ4v) is 2.18. The van der Waals surface area contributed by atoms with E-state index in [1.807, 2.05) is 31.2 Å². The topological polar surface area (TPSA) is 87.9 Å². The van der Waals surface area contributed by atoms with Crippen LogP contribution in [0.2, 0.25) is 0 Å². The summed E-state index contributed by atoms with van der Waals surface area (Å²) < 4.78 is 4.67. The van der Waals surface area contributed by atoms with Crippen LogP contribution in [0.5, 0.6) is 0 Å². The fourth-order valence-electron chi connectivity index (χ4n) is 2.18. The summed E-state index contributed by atoms with van der Waals surface area (Å²) in [6.45, 7) is 2.53. The fraction of sp³-hybridized carbons (Fsp3) is 0.250. The summed E-state index contributed by atoms with van der Waals surface area (Å²) in [5, 5.41) is 10.7. The molecule has 7 heteroatoms. The number of nitrogens with one attached hydrogen (secondary N) is 1. The van der Waals surface area contributed by atoms with Gasteiger partial charge in [-0.2, -0.15) is 10.1 Å². The summed E-state index contributed by atoms with van der Waals surface area (Å²) in [4.78, 5) is 17.9. The van der Waals surface area contributed by atoms with Crippen LogP contribution < -0.4 is 0 Å². The predicted molar refractivity (Wildman–Crippen MR) is 83.7 cm³/mol. The van der Waals surface area contributed by atoms with Crippen molar-refractivity contribution in [3.63, 3.8) is 0 Å². The molecule has 0 saturated carbocycles. The van der Waals surface area contributed by atoms with E-state index in [1.54, 1.807) is 18.0 Å². The van der Waals surface area contributed by atoms with E-state index in [-0.39, 0.29) is 5.91 Å². The Balaban J connectivity index is 1.66. The number of carbonyl (C=O) groups excluding carboxylic acids is 1. The van der Waals surface area contributed by atoms with Gasteiger partial charge in [-0.05, 0) is 13.0 Å². The number of amides is 1. The van der Waals surface area contributed by atoms with Crippen molar-refractivity contribution in [3.05, 3.63) is 53.8 Å². The molecule has 0 aliphatic carbocycles. The zero-order valence-corrected chi connectivity index (χ0v) is 13.0. The Bertz CT molecular complexity index is 777. The van der Waals surface area contributed by atoms with E-state index < -0.39 is 0 Å². The minimum atomic E-state index is -0.126. The summed E-state index contributed by atoms with van der Waals surface area (Å²) >= 11 is 0. The number of likely N-dealkylation sites (N-methyl/N-ethyl adjacent to an activating group) is 1. The zero-order chi connectivity index (χ0) is 16.2. The lowest BCUT2D eigenvalue weighted by molar-refractivity contribution is 0.0790. The first kappa shape index (κ1) is 15.0. The molecule has 1 aromatic carbocycles. The third-order valence-corrected chi connectivity index (χ3v) is 3.58. The molecule has 23 heavy (non-hydrogen) atoms. The van der Waals surface area contributed by atoms with E-state index in [0.29, 0.717) is 24.5 Å². The minimum Gasteiger partial charge on any atom is -0.343 e. The zero-order valence-electron chi connectivity index (χ0n) is 13.0. The van der Waals surface area contributed by atoms with E-state index in [2.05, 4.69) is 24.9 Å². The van der Waals surface area contributed by atoms with Crippen molar-refractivity contribution in [2.75, 3.05) is 13.6 Å². The van der Waals surface area contributed by atoms with Gasteiger partial charge in [0, 0.05) is 25.6 Å². The number of aryl methyl sites for hydroxylation is 1. The first-order valence-electron chi connectivity index (χ1n) is 7.26. The standard InChI is InChI=1S/C16H17N5O2/c1-11-3-5-12(6-4-11)13-9-14(19-18-13)16(22)21(2)8-7-15-17-10-23-20-15/h3-6,9-10H,7-8H2,1-2H3,(H,18,19). The van der Waals surface area contributed by atoms with Crippen molar-refractivity contribution in [1.82, 2.24) is 25.2 Å². The average molecular weight is 311 g/mol. The lowest BCUT2D eigenvalue weighted by Gasteiger charge is -2.14. The number of hydrogen-bond acceptors (Lipinski definition) is 5. The van der Waals surface area contributed by atoms with Crippen molar-refractivity contribution in [2.24, 2.45) is 0 Å². The summed E-state index contributed by atoms with van der Waals surface area (Å²) in [6, 6.07) is 9.77. The largest absolute Gasteiger partial charge is 0.343 e. The number of hydrogen-bond donors (Lipinski definition) is 1. The van der Waals surface area contributed by atoms with Gasteiger partial charge in [-0.1, -0.05) is 35.0 Å². The van der Waals surface area contributed by atoms with E-state index in [0.717, 1.165) is 11.3 Å². The number of aromatic amines is 1. The molecule has 118 valence electrons. The SMILES string of the molecule is Cc1ccc(-c2cc(C(=O)N(C)CCc3ncon3)[nH]n2)cc1. The molecular weight excluding hydrogens is 294 g/mol. The predicted octanol–water partition coefficient (Wildman–Crippen LogP) is 2.08. The Kier molecular flexibility index (Phi) is 4.18. The molecule has 7 nitrogen and oxygen atoms in total. The number of aromatic nitrogens is 4. The first-order chi connectivity index (χ1) is 11.1. The van der Waals surface area contributed by atoms with E-state index >= 15 is 0 Å². The maximum absolute atomic E-state index is 12.4. The Morgan fingerprint density at radius 3 is 2.78 bits per heavy atom. The number of carbonyl (C=O) groups is 1. The third kappa shape index (κ3) is 3.45. The van der Waals surface area contributed by atoms with Crippen LogP contribution in [0.1, 0.15) is 21.9 Å². The number of H-pyrrole nitrogens is 1. The first-order valence-corrected chi connectivity index (χ1v) is 7.26. The molecular formula is C16H17N5O2. The molecule has 0 aliphatic heterocycles. The second-order valence-corrected chi connectivity index (χ2v) is 5.36. The maximum Gasteiger partial charge on any atom is 0.271 e. The molecule has 3 aromatic rings. The maximum atomic E-state index is 12.4. The van der Waals surface area contributed by atoms with Crippen molar-refractivity contribution in [3.8, 4) is 11.3 Å². The van der Waals surface area contributed by atoms with Crippen LogP contribution in [-0.4, -0.2) is 44.7 Å². The molecule has 0 spiro atoms. The molecule has 0 aliphatic rings. The van der Waals surface area contributed by atoms with Crippen molar-refractivity contribution in [2.45, 2.75) is 13.3 Å². The van der Waals surface area contributed by atoms with Gasteiger partial charge in [0.15, 0.2) is 5.82 Å². The van der Waals surface area contributed by atoms with E-state index in [9.17, 15) is 4.79 Å². The van der Waals surface area contributed by atoms with Crippen molar-refractivity contribution >= 4 is 5.91 Å². The molecule has 0 saturated heterocycles. The lowest BCUT2D eigenvalue weighted by atomic mass is 10.1. The molecule has 3 rings (SSSR count). The average Bonchev–Trinajstić information content (AvgIpc) is 3.24. The number of nitrogens with zero attached hydrogens (tertiary/aromatic N) is 4. The minimum absolute atomic E-state index is 0.126. The quantitative estimate of drug-likeness (QED) is 0.779. The lowest BCUT2D eigenvalue weighted by Crippen LogP contribution is -2.29. The molecule has 0 unspecified atom stereocenters. The van der Waals surface area contributed by atoms with Gasteiger partial charge in [-0.3, -0.25) is 9.89 Å². The van der Waals surface area contributed by atoms with Gasteiger partial charge in [0.1, 0.15) is 5.69 Å². The highest BCUT2D eigenvalue weighted by Crippen LogP contribution is 2.18. The van der Waals surface area contributed by atoms with Gasteiger partial charge in [0.2, 0.25) is 6.39 Å². The van der Waals surface area contributed by atoms with Gasteiger partial charge in [-0.15, -0.1) is 0 Å². The Labute approximate surface area is 133 Å². The molecule has 2 heterocycles. The van der Waals surface area contributed by atoms with Crippen LogP contribution in [0.3, 0.4) is 0 Å². The molecule has 0 bridgehead atoms. The Morgan fingerprint density at radius 2 is 2.09 bits per heavy atom. The third-order valence-electron chi connectivity index (χ3n) is 3.58. The molecule has 1 N–H and O–H groups in total.